The highest BCUT2D eigenvalue weighted by atomic mass is 32.1. The van der Waals surface area contributed by atoms with Gasteiger partial charge in [0, 0.05) is 32.7 Å². The second-order valence-corrected chi connectivity index (χ2v) is 7.42. The van der Waals surface area contributed by atoms with Crippen molar-refractivity contribution >= 4 is 33.6 Å². The highest BCUT2D eigenvalue weighted by Crippen LogP contribution is 2.50. The summed E-state index contributed by atoms with van der Waals surface area (Å²) in [6.45, 7) is 0.549. The predicted octanol–water partition coefficient (Wildman–Crippen LogP) is 5.43. The van der Waals surface area contributed by atoms with E-state index in [2.05, 4.69) is 18.2 Å². The Labute approximate surface area is 142 Å². The molecule has 0 amide bonds. The van der Waals surface area contributed by atoms with Gasteiger partial charge < -0.3 is 9.47 Å². The lowest BCUT2D eigenvalue weighted by atomic mass is 9.83. The third-order valence-electron chi connectivity index (χ3n) is 4.41. The second-order valence-electron chi connectivity index (χ2n) is 5.70. The van der Waals surface area contributed by atoms with Gasteiger partial charge >= 0.3 is 0 Å². The van der Waals surface area contributed by atoms with Gasteiger partial charge in [-0.15, -0.1) is 11.3 Å². The molecular formula is C19H12O2S2. The minimum absolute atomic E-state index is 0.136. The van der Waals surface area contributed by atoms with Crippen molar-refractivity contribution in [3.63, 3.8) is 0 Å². The van der Waals surface area contributed by atoms with Crippen LogP contribution in [-0.4, -0.2) is 6.61 Å². The van der Waals surface area contributed by atoms with Crippen LogP contribution in [0.25, 0.3) is 10.1 Å². The largest absolute Gasteiger partial charge is 0.489 e. The quantitative estimate of drug-likeness (QED) is 0.510. The highest BCUT2D eigenvalue weighted by molar-refractivity contribution is 7.73. The van der Waals surface area contributed by atoms with Gasteiger partial charge in [-0.05, 0) is 18.2 Å². The fourth-order valence-electron chi connectivity index (χ4n) is 3.38. The van der Waals surface area contributed by atoms with Crippen molar-refractivity contribution in [3.8, 4) is 11.5 Å². The van der Waals surface area contributed by atoms with Gasteiger partial charge in [0.25, 0.3) is 0 Å². The Kier molecular flexibility index (Phi) is 2.84. The Morgan fingerprint density at radius 3 is 2.83 bits per heavy atom. The fraction of sp³-hybridized carbons (Fsp3) is 0.105. The Morgan fingerprint density at radius 1 is 1.04 bits per heavy atom. The summed E-state index contributed by atoms with van der Waals surface area (Å²) in [5.41, 5.74) is 3.41. The first-order valence-electron chi connectivity index (χ1n) is 7.46. The van der Waals surface area contributed by atoms with Crippen molar-refractivity contribution in [1.29, 1.82) is 0 Å². The average Bonchev–Trinajstić information content (AvgIpc) is 2.61. The van der Waals surface area contributed by atoms with Gasteiger partial charge in [0.05, 0.1) is 10.1 Å². The Balaban J connectivity index is 1.86. The summed E-state index contributed by atoms with van der Waals surface area (Å²) in [5, 5.41) is 1.13. The molecule has 3 heterocycles. The van der Waals surface area contributed by atoms with E-state index in [9.17, 15) is 0 Å². The zero-order chi connectivity index (χ0) is 15.4. The topological polar surface area (TPSA) is 18.5 Å². The van der Waals surface area contributed by atoms with E-state index in [0.29, 0.717) is 6.61 Å². The zero-order valence-corrected chi connectivity index (χ0v) is 13.7. The SMILES string of the molecule is S=c1sc2ccccc2c2c1C1C(=CO2)COc2ccccc21. The fourth-order valence-corrected chi connectivity index (χ4v) is 4.80. The maximum atomic E-state index is 6.00. The summed E-state index contributed by atoms with van der Waals surface area (Å²) in [7, 11) is 0. The molecule has 1 atom stereocenters. The zero-order valence-electron chi connectivity index (χ0n) is 12.1. The normalized spacial score (nSPS) is 18.1. The summed E-state index contributed by atoms with van der Waals surface area (Å²) >= 11 is 7.39. The third kappa shape index (κ3) is 1.89. The minimum atomic E-state index is 0.136. The molecule has 0 radical (unpaired) electrons. The number of rotatable bonds is 0. The maximum Gasteiger partial charge on any atom is 0.141 e. The summed E-state index contributed by atoms with van der Waals surface area (Å²) < 4.78 is 13.9. The minimum Gasteiger partial charge on any atom is -0.489 e. The van der Waals surface area contributed by atoms with E-state index in [1.54, 1.807) is 11.3 Å². The van der Waals surface area contributed by atoms with Crippen LogP contribution in [0.3, 0.4) is 0 Å². The summed E-state index contributed by atoms with van der Waals surface area (Å²) in [6, 6.07) is 16.5. The van der Waals surface area contributed by atoms with Crippen molar-refractivity contribution in [3.05, 3.63) is 75.3 Å². The van der Waals surface area contributed by atoms with Crippen molar-refractivity contribution in [2.45, 2.75) is 5.92 Å². The van der Waals surface area contributed by atoms with Crippen molar-refractivity contribution < 1.29 is 9.47 Å². The van der Waals surface area contributed by atoms with Gasteiger partial charge in [-0.1, -0.05) is 42.5 Å². The second kappa shape index (κ2) is 4.91. The predicted molar refractivity (Wildman–Crippen MR) is 95.2 cm³/mol. The maximum absolute atomic E-state index is 6.00. The van der Waals surface area contributed by atoms with Crippen LogP contribution in [0.4, 0.5) is 0 Å². The molecule has 2 aliphatic heterocycles. The highest BCUT2D eigenvalue weighted by Gasteiger charge is 2.34. The molecule has 0 saturated heterocycles. The first kappa shape index (κ1) is 13.3. The molecule has 112 valence electrons. The van der Waals surface area contributed by atoms with Crippen molar-refractivity contribution in [1.82, 2.24) is 0 Å². The van der Waals surface area contributed by atoms with Crippen LogP contribution < -0.4 is 9.47 Å². The van der Waals surface area contributed by atoms with E-state index in [1.165, 1.54) is 5.56 Å². The Morgan fingerprint density at radius 2 is 1.87 bits per heavy atom. The number of para-hydroxylation sites is 1. The number of hydrogen-bond donors (Lipinski definition) is 0. The molecule has 0 saturated carbocycles. The Hall–Kier alpha value is -2.17. The lowest BCUT2D eigenvalue weighted by Gasteiger charge is -2.32. The summed E-state index contributed by atoms with van der Waals surface area (Å²) in [6.07, 6.45) is 1.84. The number of hydrogen-bond acceptors (Lipinski definition) is 4. The number of fused-ring (bicyclic) bond motifs is 7. The standard InChI is InChI=1S/C19H12O2S2/c22-19-17-16-11(9-20-14-7-3-1-5-12(14)16)10-21-18(17)13-6-2-4-8-15(13)23-19/h1-8,10,16H,9H2. The molecule has 2 aromatic carbocycles. The molecule has 5 rings (SSSR count). The van der Waals surface area contributed by atoms with Crippen LogP contribution in [0.5, 0.6) is 11.5 Å². The van der Waals surface area contributed by atoms with Crippen LogP contribution in [-0.2, 0) is 0 Å². The first-order chi connectivity index (χ1) is 11.3. The molecule has 4 heteroatoms. The van der Waals surface area contributed by atoms with Crippen LogP contribution in [0.1, 0.15) is 17.0 Å². The van der Waals surface area contributed by atoms with Gasteiger partial charge in [0.1, 0.15) is 18.1 Å². The molecule has 2 nitrogen and oxygen atoms in total. The number of benzene rings is 2. The first-order valence-corrected chi connectivity index (χ1v) is 8.68. The molecular weight excluding hydrogens is 324 g/mol. The lowest BCUT2D eigenvalue weighted by molar-refractivity contribution is 0.309. The van der Waals surface area contributed by atoms with E-state index < -0.39 is 0 Å². The molecule has 2 aliphatic rings. The summed E-state index contributed by atoms with van der Waals surface area (Å²) in [4.78, 5) is 0. The number of ether oxygens (including phenoxy) is 2. The molecule has 1 aromatic heterocycles. The smallest absolute Gasteiger partial charge is 0.141 e. The Bertz CT molecular complexity index is 1030. The molecule has 0 aliphatic carbocycles. The van der Waals surface area contributed by atoms with Crippen LogP contribution in [0.15, 0.2) is 60.4 Å². The van der Waals surface area contributed by atoms with E-state index in [1.807, 2.05) is 36.6 Å². The van der Waals surface area contributed by atoms with Gasteiger partial charge in [-0.3, -0.25) is 0 Å². The van der Waals surface area contributed by atoms with Crippen LogP contribution in [0, 0.1) is 3.82 Å². The molecule has 1 unspecified atom stereocenters. The van der Waals surface area contributed by atoms with Crippen LogP contribution >= 0.6 is 23.6 Å². The molecule has 0 bridgehead atoms. The van der Waals surface area contributed by atoms with E-state index in [-0.39, 0.29) is 5.92 Å². The van der Waals surface area contributed by atoms with Gasteiger partial charge in [-0.25, -0.2) is 0 Å². The molecule has 0 spiro atoms. The lowest BCUT2D eigenvalue weighted by Crippen LogP contribution is -2.22. The third-order valence-corrected chi connectivity index (χ3v) is 5.86. The van der Waals surface area contributed by atoms with E-state index >= 15 is 0 Å². The van der Waals surface area contributed by atoms with Crippen molar-refractivity contribution in [2.24, 2.45) is 0 Å². The van der Waals surface area contributed by atoms with Gasteiger partial charge in [0.2, 0.25) is 0 Å². The molecule has 23 heavy (non-hydrogen) atoms. The van der Waals surface area contributed by atoms with Crippen molar-refractivity contribution in [2.75, 3.05) is 6.61 Å². The van der Waals surface area contributed by atoms with E-state index in [0.717, 1.165) is 36.5 Å². The van der Waals surface area contributed by atoms with Crippen LogP contribution in [0.2, 0.25) is 0 Å². The monoisotopic (exact) mass is 336 g/mol. The molecule has 3 aromatic rings. The van der Waals surface area contributed by atoms with Gasteiger partial charge in [0.15, 0.2) is 0 Å². The van der Waals surface area contributed by atoms with Gasteiger partial charge in [-0.2, -0.15) is 0 Å². The van der Waals surface area contributed by atoms with E-state index in [4.69, 9.17) is 21.7 Å². The molecule has 0 fully saturated rings. The molecule has 0 N–H and O–H groups in total. The summed E-state index contributed by atoms with van der Waals surface area (Å²) in [5.74, 6) is 1.97. The average molecular weight is 336 g/mol.